The lowest BCUT2D eigenvalue weighted by atomic mass is 10.0. The molecule has 1 aliphatic heterocycles. The van der Waals surface area contributed by atoms with Crippen molar-refractivity contribution < 1.29 is 10.0 Å². The van der Waals surface area contributed by atoms with Gasteiger partial charge in [-0.2, -0.15) is 0 Å². The van der Waals surface area contributed by atoms with Gasteiger partial charge in [-0.3, -0.25) is 24.8 Å². The maximum atomic E-state index is 12.5. The summed E-state index contributed by atoms with van der Waals surface area (Å²) in [4.78, 5) is 36.3. The molecular formula is C19H17N5O4. The molecule has 142 valence electrons. The van der Waals surface area contributed by atoms with Gasteiger partial charge >= 0.3 is 0 Å². The maximum absolute atomic E-state index is 12.5. The van der Waals surface area contributed by atoms with Crippen LogP contribution < -0.4 is 5.56 Å². The average Bonchev–Trinajstić information content (AvgIpc) is 2.70. The minimum Gasteiger partial charge on any atom is -0.508 e. The Morgan fingerprint density at radius 2 is 2.04 bits per heavy atom. The predicted molar refractivity (Wildman–Crippen MR) is 101 cm³/mol. The van der Waals surface area contributed by atoms with E-state index >= 15 is 0 Å². The van der Waals surface area contributed by atoms with E-state index in [2.05, 4.69) is 15.0 Å². The van der Waals surface area contributed by atoms with Crippen LogP contribution in [0.4, 0.5) is 5.69 Å². The molecule has 0 spiro atoms. The fourth-order valence-corrected chi connectivity index (χ4v) is 3.33. The van der Waals surface area contributed by atoms with Crippen molar-refractivity contribution in [1.82, 2.24) is 19.9 Å². The summed E-state index contributed by atoms with van der Waals surface area (Å²) >= 11 is 0. The lowest BCUT2D eigenvalue weighted by Gasteiger charge is -2.27. The SMILES string of the molecule is O=c1[nH]c(-c2ccncc2)nc2c1CCN(Cc1cc([N+](=O)[O-])ccc1O)C2. The number of rotatable bonds is 4. The van der Waals surface area contributed by atoms with Crippen molar-refractivity contribution >= 4 is 5.69 Å². The highest BCUT2D eigenvalue weighted by Gasteiger charge is 2.23. The van der Waals surface area contributed by atoms with Crippen LogP contribution in [0.3, 0.4) is 0 Å². The number of fused-ring (bicyclic) bond motifs is 1. The Hall–Kier alpha value is -3.59. The molecule has 0 unspecified atom stereocenters. The summed E-state index contributed by atoms with van der Waals surface area (Å²) in [5.74, 6) is 0.485. The van der Waals surface area contributed by atoms with Crippen molar-refractivity contribution in [2.45, 2.75) is 19.5 Å². The van der Waals surface area contributed by atoms with Crippen LogP contribution >= 0.6 is 0 Å². The smallest absolute Gasteiger partial charge is 0.270 e. The highest BCUT2D eigenvalue weighted by molar-refractivity contribution is 5.54. The van der Waals surface area contributed by atoms with Gasteiger partial charge in [-0.1, -0.05) is 0 Å². The molecule has 4 rings (SSSR count). The standard InChI is InChI=1S/C19H17N5O4/c25-17-2-1-14(24(27)28)9-13(17)10-23-8-5-15-16(11-23)21-18(22-19(15)26)12-3-6-20-7-4-12/h1-4,6-7,9,25H,5,8,10-11H2,(H,21,22,26). The average molecular weight is 379 g/mol. The summed E-state index contributed by atoms with van der Waals surface area (Å²) in [6.07, 6.45) is 3.78. The van der Waals surface area contributed by atoms with Gasteiger partial charge in [0.05, 0.1) is 10.6 Å². The molecule has 1 aliphatic rings. The molecule has 9 nitrogen and oxygen atoms in total. The molecule has 0 fully saturated rings. The van der Waals surface area contributed by atoms with Gasteiger partial charge in [0.15, 0.2) is 0 Å². The molecule has 3 aromatic rings. The minimum atomic E-state index is -0.490. The van der Waals surface area contributed by atoms with Crippen LogP contribution in [-0.4, -0.2) is 36.4 Å². The van der Waals surface area contributed by atoms with Crippen molar-refractivity contribution in [1.29, 1.82) is 0 Å². The number of nitrogens with zero attached hydrogens (tertiary/aromatic N) is 4. The molecule has 0 aliphatic carbocycles. The number of aromatic nitrogens is 3. The number of benzene rings is 1. The van der Waals surface area contributed by atoms with Crippen LogP contribution in [0, 0.1) is 10.1 Å². The lowest BCUT2D eigenvalue weighted by Crippen LogP contribution is -2.35. The third-order valence-corrected chi connectivity index (χ3v) is 4.77. The van der Waals surface area contributed by atoms with E-state index < -0.39 is 4.92 Å². The predicted octanol–water partition coefficient (Wildman–Crippen LogP) is 2.00. The normalized spacial score (nSPS) is 13.9. The van der Waals surface area contributed by atoms with E-state index in [0.29, 0.717) is 48.7 Å². The number of phenolic OH excluding ortho intramolecular Hbond substituents is 1. The Balaban J connectivity index is 1.61. The van der Waals surface area contributed by atoms with Gasteiger partial charge in [0, 0.05) is 60.9 Å². The van der Waals surface area contributed by atoms with E-state index in [0.717, 1.165) is 5.56 Å². The fraction of sp³-hybridized carbons (Fsp3) is 0.211. The quantitative estimate of drug-likeness (QED) is 0.524. The van der Waals surface area contributed by atoms with Gasteiger partial charge in [0.25, 0.3) is 11.2 Å². The molecule has 0 radical (unpaired) electrons. The van der Waals surface area contributed by atoms with Crippen molar-refractivity contribution in [3.63, 3.8) is 0 Å². The molecular weight excluding hydrogens is 362 g/mol. The summed E-state index contributed by atoms with van der Waals surface area (Å²) in [6, 6.07) is 7.51. The Morgan fingerprint density at radius 3 is 2.79 bits per heavy atom. The largest absolute Gasteiger partial charge is 0.508 e. The van der Waals surface area contributed by atoms with Crippen LogP contribution in [0.5, 0.6) is 5.75 Å². The molecule has 0 saturated heterocycles. The Labute approximate surface area is 159 Å². The number of pyridine rings is 1. The minimum absolute atomic E-state index is 0.00717. The topological polar surface area (TPSA) is 125 Å². The Bertz CT molecular complexity index is 1100. The van der Waals surface area contributed by atoms with Crippen LogP contribution in [0.15, 0.2) is 47.5 Å². The van der Waals surface area contributed by atoms with E-state index in [1.807, 2.05) is 4.90 Å². The zero-order valence-corrected chi connectivity index (χ0v) is 14.8. The molecule has 0 amide bonds. The van der Waals surface area contributed by atoms with Gasteiger partial charge in [-0.05, 0) is 24.6 Å². The van der Waals surface area contributed by atoms with Crippen molar-refractivity contribution in [2.24, 2.45) is 0 Å². The number of non-ortho nitro benzene ring substituents is 1. The number of hydrogen-bond acceptors (Lipinski definition) is 7. The number of H-pyrrole nitrogens is 1. The fourth-order valence-electron chi connectivity index (χ4n) is 3.33. The van der Waals surface area contributed by atoms with Gasteiger partial charge in [-0.15, -0.1) is 0 Å². The number of hydrogen-bond donors (Lipinski definition) is 2. The molecule has 28 heavy (non-hydrogen) atoms. The van der Waals surface area contributed by atoms with Gasteiger partial charge in [0.1, 0.15) is 11.6 Å². The first-order chi connectivity index (χ1) is 13.5. The van der Waals surface area contributed by atoms with Crippen molar-refractivity contribution in [3.05, 3.63) is 80.0 Å². The highest BCUT2D eigenvalue weighted by Crippen LogP contribution is 2.26. The number of nitro benzene ring substituents is 1. The molecule has 0 saturated carbocycles. The lowest BCUT2D eigenvalue weighted by molar-refractivity contribution is -0.385. The van der Waals surface area contributed by atoms with E-state index in [9.17, 15) is 20.0 Å². The Kier molecular flexibility index (Phi) is 4.58. The summed E-state index contributed by atoms with van der Waals surface area (Å²) in [6.45, 7) is 1.33. The van der Waals surface area contributed by atoms with Gasteiger partial charge in [-0.25, -0.2) is 4.98 Å². The maximum Gasteiger partial charge on any atom is 0.270 e. The number of aromatic hydroxyl groups is 1. The summed E-state index contributed by atoms with van der Waals surface area (Å²) in [5, 5.41) is 21.0. The summed E-state index contributed by atoms with van der Waals surface area (Å²) in [5.41, 5.74) is 2.33. The summed E-state index contributed by atoms with van der Waals surface area (Å²) in [7, 11) is 0. The molecule has 9 heteroatoms. The van der Waals surface area contributed by atoms with E-state index in [1.165, 1.54) is 18.2 Å². The van der Waals surface area contributed by atoms with E-state index in [-0.39, 0.29) is 17.0 Å². The van der Waals surface area contributed by atoms with Crippen LogP contribution in [0.2, 0.25) is 0 Å². The van der Waals surface area contributed by atoms with Crippen LogP contribution in [0.25, 0.3) is 11.4 Å². The molecule has 3 heterocycles. The zero-order valence-electron chi connectivity index (χ0n) is 14.8. The molecule has 0 bridgehead atoms. The van der Waals surface area contributed by atoms with Gasteiger partial charge in [0.2, 0.25) is 0 Å². The number of aromatic amines is 1. The van der Waals surface area contributed by atoms with Crippen LogP contribution in [-0.2, 0) is 19.5 Å². The second-order valence-electron chi connectivity index (χ2n) is 6.61. The second-order valence-corrected chi connectivity index (χ2v) is 6.61. The number of nitro groups is 1. The molecule has 2 aromatic heterocycles. The third-order valence-electron chi connectivity index (χ3n) is 4.77. The van der Waals surface area contributed by atoms with Gasteiger partial charge < -0.3 is 10.1 Å². The highest BCUT2D eigenvalue weighted by atomic mass is 16.6. The van der Waals surface area contributed by atoms with E-state index in [4.69, 9.17) is 0 Å². The van der Waals surface area contributed by atoms with Crippen molar-refractivity contribution in [2.75, 3.05) is 6.54 Å². The molecule has 0 atom stereocenters. The zero-order chi connectivity index (χ0) is 19.7. The first-order valence-corrected chi connectivity index (χ1v) is 8.72. The molecule has 2 N–H and O–H groups in total. The second kappa shape index (κ2) is 7.20. The monoisotopic (exact) mass is 379 g/mol. The number of nitrogens with one attached hydrogen (secondary N) is 1. The third kappa shape index (κ3) is 3.47. The van der Waals surface area contributed by atoms with Crippen molar-refractivity contribution in [3.8, 4) is 17.1 Å². The summed E-state index contributed by atoms with van der Waals surface area (Å²) < 4.78 is 0. The number of phenols is 1. The first kappa shape index (κ1) is 17.8. The first-order valence-electron chi connectivity index (χ1n) is 8.72. The van der Waals surface area contributed by atoms with Crippen LogP contribution in [0.1, 0.15) is 16.8 Å². The van der Waals surface area contributed by atoms with E-state index in [1.54, 1.807) is 24.5 Å². The molecule has 1 aromatic carbocycles. The Morgan fingerprint density at radius 1 is 1.25 bits per heavy atom.